The Bertz CT molecular complexity index is 230. The third kappa shape index (κ3) is 3.51. The van der Waals surface area contributed by atoms with E-state index < -0.39 is 5.41 Å². The maximum atomic E-state index is 11.9. The highest BCUT2D eigenvalue weighted by atomic mass is 16.5. The summed E-state index contributed by atoms with van der Waals surface area (Å²) in [6.45, 7) is 14.7. The average Bonchev–Trinajstić information content (AvgIpc) is 1.97. The summed E-state index contributed by atoms with van der Waals surface area (Å²) in [5, 5.41) is 0. The molecule has 1 unspecified atom stereocenters. The Morgan fingerprint density at radius 3 is 1.60 bits per heavy atom. The van der Waals surface area contributed by atoms with Crippen molar-refractivity contribution in [3.05, 3.63) is 0 Å². The molecule has 0 saturated carbocycles. The van der Waals surface area contributed by atoms with E-state index in [1.165, 1.54) is 7.11 Å². The molecule has 0 N–H and O–H groups in total. The lowest BCUT2D eigenvalue weighted by Gasteiger charge is -2.43. The molecule has 0 amide bonds. The minimum Gasteiger partial charge on any atom is -0.469 e. The molecule has 0 radical (unpaired) electrons. The molecule has 0 aliphatic rings. The maximum Gasteiger partial charge on any atom is 0.312 e. The zero-order valence-corrected chi connectivity index (χ0v) is 11.5. The Labute approximate surface area is 94.4 Å². The van der Waals surface area contributed by atoms with Crippen molar-refractivity contribution in [2.75, 3.05) is 7.11 Å². The lowest BCUT2D eigenvalue weighted by atomic mass is 9.61. The first-order chi connectivity index (χ1) is 6.44. The van der Waals surface area contributed by atoms with Gasteiger partial charge in [0, 0.05) is 0 Å². The summed E-state index contributed by atoms with van der Waals surface area (Å²) in [5.41, 5.74) is -0.399. The van der Waals surface area contributed by atoms with Gasteiger partial charge in [-0.1, -0.05) is 41.5 Å². The number of carbonyl (C=O) groups excluding carboxylic acids is 1. The van der Waals surface area contributed by atoms with Crippen LogP contribution >= 0.6 is 0 Å². The molecule has 2 heteroatoms. The summed E-state index contributed by atoms with van der Waals surface area (Å²) in [6, 6.07) is 0. The van der Waals surface area contributed by atoms with Crippen LogP contribution in [0.1, 0.15) is 54.9 Å². The van der Waals surface area contributed by atoms with Crippen LogP contribution in [0.3, 0.4) is 0 Å². The molecule has 0 saturated heterocycles. The third-order valence-corrected chi connectivity index (χ3v) is 3.18. The number of hydrogen-bond acceptors (Lipinski definition) is 2. The molecule has 0 aromatic rings. The molecule has 0 aliphatic carbocycles. The van der Waals surface area contributed by atoms with Gasteiger partial charge >= 0.3 is 5.97 Å². The molecule has 0 rings (SSSR count). The highest BCUT2D eigenvalue weighted by Crippen LogP contribution is 2.47. The van der Waals surface area contributed by atoms with Crippen molar-refractivity contribution in [1.82, 2.24) is 0 Å². The number of hydrogen-bond donors (Lipinski definition) is 0. The molecule has 0 aliphatic heterocycles. The molecule has 0 aromatic heterocycles. The maximum absolute atomic E-state index is 11.9. The van der Waals surface area contributed by atoms with Crippen molar-refractivity contribution in [2.45, 2.75) is 54.9 Å². The van der Waals surface area contributed by atoms with Gasteiger partial charge in [-0.05, 0) is 24.2 Å². The first-order valence-corrected chi connectivity index (χ1v) is 5.52. The van der Waals surface area contributed by atoms with E-state index in [4.69, 9.17) is 4.74 Å². The molecular formula is C13H26O2. The van der Waals surface area contributed by atoms with Crippen molar-refractivity contribution in [2.24, 2.45) is 16.2 Å². The smallest absolute Gasteiger partial charge is 0.312 e. The molecule has 0 fully saturated rings. The van der Waals surface area contributed by atoms with Crippen LogP contribution in [0, 0.1) is 16.2 Å². The van der Waals surface area contributed by atoms with Crippen LogP contribution in [0.4, 0.5) is 0 Å². The van der Waals surface area contributed by atoms with E-state index >= 15 is 0 Å². The van der Waals surface area contributed by atoms with E-state index in [9.17, 15) is 4.79 Å². The minimum absolute atomic E-state index is 0.0899. The summed E-state index contributed by atoms with van der Waals surface area (Å²) in [7, 11) is 1.47. The molecular weight excluding hydrogens is 188 g/mol. The van der Waals surface area contributed by atoms with Gasteiger partial charge in [-0.2, -0.15) is 0 Å². The van der Waals surface area contributed by atoms with Crippen molar-refractivity contribution in [3.8, 4) is 0 Å². The average molecular weight is 214 g/mol. The molecule has 0 spiro atoms. The lowest BCUT2D eigenvalue weighted by molar-refractivity contribution is -0.161. The van der Waals surface area contributed by atoms with Gasteiger partial charge in [0.2, 0.25) is 0 Å². The van der Waals surface area contributed by atoms with Gasteiger partial charge in [-0.3, -0.25) is 4.79 Å². The first-order valence-electron chi connectivity index (χ1n) is 5.52. The Morgan fingerprint density at radius 2 is 1.40 bits per heavy atom. The van der Waals surface area contributed by atoms with Crippen LogP contribution in [0.2, 0.25) is 0 Å². The van der Waals surface area contributed by atoms with Gasteiger partial charge in [0.1, 0.15) is 0 Å². The highest BCUT2D eigenvalue weighted by molar-refractivity contribution is 5.77. The second-order valence-corrected chi connectivity index (χ2v) is 6.81. The molecule has 0 heterocycles. The van der Waals surface area contributed by atoms with E-state index in [0.29, 0.717) is 0 Å². The molecule has 2 nitrogen and oxygen atoms in total. The normalized spacial score (nSPS) is 17.1. The van der Waals surface area contributed by atoms with Gasteiger partial charge in [0.05, 0.1) is 12.5 Å². The van der Waals surface area contributed by atoms with Gasteiger partial charge in [-0.25, -0.2) is 0 Å². The molecule has 1 atom stereocenters. The quantitative estimate of drug-likeness (QED) is 0.656. The fourth-order valence-electron chi connectivity index (χ4n) is 1.93. The number of methoxy groups -OCH3 is 1. The van der Waals surface area contributed by atoms with E-state index in [-0.39, 0.29) is 16.8 Å². The highest BCUT2D eigenvalue weighted by Gasteiger charge is 2.47. The third-order valence-electron chi connectivity index (χ3n) is 3.18. The van der Waals surface area contributed by atoms with Crippen LogP contribution in [0.5, 0.6) is 0 Å². The van der Waals surface area contributed by atoms with Crippen molar-refractivity contribution in [3.63, 3.8) is 0 Å². The fraction of sp³-hybridized carbons (Fsp3) is 0.923. The Hall–Kier alpha value is -0.530. The van der Waals surface area contributed by atoms with E-state index in [2.05, 4.69) is 41.5 Å². The summed E-state index contributed by atoms with van der Waals surface area (Å²) in [4.78, 5) is 11.9. The Morgan fingerprint density at radius 1 is 1.00 bits per heavy atom. The van der Waals surface area contributed by atoms with Crippen molar-refractivity contribution in [1.29, 1.82) is 0 Å². The first kappa shape index (κ1) is 14.5. The molecule has 90 valence electrons. The van der Waals surface area contributed by atoms with Crippen molar-refractivity contribution >= 4 is 5.97 Å². The molecule has 0 aromatic carbocycles. The zero-order chi connectivity index (χ0) is 12.5. The summed E-state index contributed by atoms with van der Waals surface area (Å²) >= 11 is 0. The largest absolute Gasteiger partial charge is 0.469 e. The number of ether oxygens (including phenoxy) is 1. The topological polar surface area (TPSA) is 26.3 Å². The van der Waals surface area contributed by atoms with Gasteiger partial charge in [0.25, 0.3) is 0 Å². The van der Waals surface area contributed by atoms with Gasteiger partial charge in [-0.15, -0.1) is 0 Å². The van der Waals surface area contributed by atoms with Crippen LogP contribution < -0.4 is 0 Å². The zero-order valence-electron chi connectivity index (χ0n) is 11.5. The lowest BCUT2D eigenvalue weighted by Crippen LogP contribution is -2.43. The number of esters is 1. The molecule has 15 heavy (non-hydrogen) atoms. The van der Waals surface area contributed by atoms with E-state index in [0.717, 1.165) is 6.42 Å². The predicted molar refractivity (Wildman–Crippen MR) is 63.7 cm³/mol. The van der Waals surface area contributed by atoms with E-state index in [1.807, 2.05) is 6.92 Å². The standard InChI is InChI=1S/C13H26O2/c1-11(2,3)9-13(7,10(14)15-8)12(4,5)6/h9H2,1-8H3. The monoisotopic (exact) mass is 214 g/mol. The van der Waals surface area contributed by atoms with Crippen LogP contribution in [0.25, 0.3) is 0 Å². The second kappa shape index (κ2) is 4.15. The van der Waals surface area contributed by atoms with Gasteiger partial charge < -0.3 is 4.74 Å². The minimum atomic E-state index is -0.431. The number of carbonyl (C=O) groups is 1. The SMILES string of the molecule is COC(=O)C(C)(CC(C)(C)C)C(C)(C)C. The Kier molecular flexibility index (Phi) is 4.00. The Balaban J connectivity index is 5.14. The second-order valence-electron chi connectivity index (χ2n) is 6.81. The molecule has 0 bridgehead atoms. The predicted octanol–water partition coefficient (Wildman–Crippen LogP) is 3.65. The summed E-state index contributed by atoms with van der Waals surface area (Å²) in [6.07, 6.45) is 0.830. The fourth-order valence-corrected chi connectivity index (χ4v) is 1.93. The summed E-state index contributed by atoms with van der Waals surface area (Å²) < 4.78 is 4.95. The van der Waals surface area contributed by atoms with Gasteiger partial charge in [0.15, 0.2) is 0 Å². The van der Waals surface area contributed by atoms with E-state index in [1.54, 1.807) is 0 Å². The van der Waals surface area contributed by atoms with Crippen LogP contribution in [0.15, 0.2) is 0 Å². The number of rotatable bonds is 2. The van der Waals surface area contributed by atoms with Crippen LogP contribution in [-0.2, 0) is 9.53 Å². The van der Waals surface area contributed by atoms with Crippen molar-refractivity contribution < 1.29 is 9.53 Å². The van der Waals surface area contributed by atoms with Crippen LogP contribution in [-0.4, -0.2) is 13.1 Å². The summed E-state index contributed by atoms with van der Waals surface area (Å²) in [5.74, 6) is -0.107.